The van der Waals surface area contributed by atoms with Crippen LogP contribution in [0.25, 0.3) is 77.9 Å². The van der Waals surface area contributed by atoms with Crippen LogP contribution in [0.2, 0.25) is 0 Å². The number of anilines is 6. The molecule has 12 aromatic rings. The summed E-state index contributed by atoms with van der Waals surface area (Å²) in [5, 5.41) is 0. The number of hydrogen-bond donors (Lipinski definition) is 0. The lowest BCUT2D eigenvalue weighted by molar-refractivity contribution is 0.532. The Hall–Kier alpha value is -9.77. The van der Waals surface area contributed by atoms with Crippen LogP contribution in [0.15, 0.2) is 231 Å². The van der Waals surface area contributed by atoms with Gasteiger partial charge in [0.25, 0.3) is 6.71 Å². The Morgan fingerprint density at radius 3 is 0.774 bits per heavy atom. The SMILES string of the molecule is CC(C)(C)c1cc(-c2ccc3c(c2)N(c2c(-c4ccccc4)cc(C(C)(C)C)cc2-c2ccccc2)c2cc(-c4cc(C(C)(C)C)cc(C(C)(C)C)c4)cc4c2B3c2ccc(-c3cc(C(C)(C)C)cc(C(C)(C)C)c3)cc2N4c2c(-c3ccccc3)cc(C(C)(C)C)cc2-c2ccc(C(C)(C)C)nc2C(C)(C)C)cc(C(C)(C)C)c1. The highest BCUT2D eigenvalue weighted by atomic mass is 15.2. The Kier molecular flexibility index (Phi) is 20.3. The third kappa shape index (κ3) is 16.0. The summed E-state index contributed by atoms with van der Waals surface area (Å²) in [7, 11) is 0. The molecule has 0 amide bonds. The Morgan fingerprint density at radius 2 is 0.478 bits per heavy atom. The van der Waals surface area contributed by atoms with E-state index in [1.165, 1.54) is 99.8 Å². The second kappa shape index (κ2) is 28.6. The van der Waals surface area contributed by atoms with E-state index in [1.807, 2.05) is 0 Å². The molecule has 0 saturated heterocycles. The van der Waals surface area contributed by atoms with E-state index in [0.717, 1.165) is 84.5 Å². The van der Waals surface area contributed by atoms with Crippen molar-refractivity contribution in [2.75, 3.05) is 9.80 Å². The van der Waals surface area contributed by atoms with Crippen molar-refractivity contribution in [1.82, 2.24) is 4.98 Å². The molecule has 4 heteroatoms. The fourth-order valence-electron chi connectivity index (χ4n) is 17.0. The first-order chi connectivity index (χ1) is 53.3. The van der Waals surface area contributed by atoms with E-state index < -0.39 is 0 Å². The van der Waals surface area contributed by atoms with E-state index in [4.69, 9.17) is 4.98 Å². The number of pyridine rings is 1. The number of aromatic nitrogens is 1. The second-order valence-electron chi connectivity index (χ2n) is 44.0. The van der Waals surface area contributed by atoms with Gasteiger partial charge in [-0.15, -0.1) is 0 Å². The minimum absolute atomic E-state index is 0.115. The van der Waals surface area contributed by atoms with Gasteiger partial charge in [0.15, 0.2) is 0 Å². The van der Waals surface area contributed by atoms with Crippen molar-refractivity contribution in [2.24, 2.45) is 0 Å². The minimum Gasteiger partial charge on any atom is -0.310 e. The highest BCUT2D eigenvalue weighted by Gasteiger charge is 2.47. The summed E-state index contributed by atoms with van der Waals surface area (Å²) >= 11 is 0. The predicted molar refractivity (Wildman–Crippen MR) is 503 cm³/mol. The van der Waals surface area contributed by atoms with Crippen molar-refractivity contribution >= 4 is 57.2 Å². The van der Waals surface area contributed by atoms with E-state index in [1.54, 1.807) is 0 Å². The maximum Gasteiger partial charge on any atom is 0.252 e. The Labute approximate surface area is 693 Å². The monoisotopic (exact) mass is 1510 g/mol. The first kappa shape index (κ1) is 81.8. The zero-order chi connectivity index (χ0) is 83.4. The first-order valence-electron chi connectivity index (χ1n) is 42.4. The molecule has 0 saturated carbocycles. The molecule has 590 valence electrons. The molecule has 0 aliphatic carbocycles. The maximum atomic E-state index is 5.92. The summed E-state index contributed by atoms with van der Waals surface area (Å²) in [6.07, 6.45) is 0. The van der Waals surface area contributed by atoms with Gasteiger partial charge in [-0.2, -0.15) is 0 Å². The molecule has 0 bridgehead atoms. The molecule has 2 aliphatic heterocycles. The topological polar surface area (TPSA) is 19.4 Å². The molecule has 14 rings (SSSR count). The summed E-state index contributed by atoms with van der Waals surface area (Å²) in [4.78, 5) is 11.5. The van der Waals surface area contributed by atoms with Crippen LogP contribution in [0.1, 0.15) is 264 Å². The van der Waals surface area contributed by atoms with Crippen LogP contribution in [-0.2, 0) is 54.1 Å². The molecule has 3 heterocycles. The van der Waals surface area contributed by atoms with Crippen molar-refractivity contribution in [3.05, 3.63) is 286 Å². The zero-order valence-corrected chi connectivity index (χ0v) is 75.4. The standard InChI is InChI=1S/C111H128BN3/c1-102(2,3)78-52-74(53-79(62-78)103(4,5)6)72-46-49-91-93(58-72)114(99-87(69-40-34-31-35-41-69)65-84(108(19,20)21)66-88(99)70-42-36-32-37-43-70)95-60-77(76-56-82(106(13,14)15)64-83(57-76)107(16,17)18)61-96-98(95)112(91)92-50-47-73(75-54-80(104(7,8)9)63-81(55-75)105(10,11)12)59-94(92)115(96)100-89(71-44-38-33-39-45-71)67-85(109(22,23)24)68-90(100)86-48-51-97(110(25,26)27)113-101(86)111(28,29)30/h31-68H,1-30H3. The van der Waals surface area contributed by atoms with E-state index in [0.29, 0.717) is 0 Å². The molecule has 0 unspecified atom stereocenters. The van der Waals surface area contributed by atoms with Gasteiger partial charge >= 0.3 is 0 Å². The van der Waals surface area contributed by atoms with Gasteiger partial charge in [-0.05, 0) is 209 Å². The molecular weight excluding hydrogens is 1390 g/mol. The lowest BCUT2D eigenvalue weighted by Gasteiger charge is -2.46. The molecule has 1 aromatic heterocycles. The fraction of sp³-hybridized carbons (Fsp3) is 0.360. The third-order valence-corrected chi connectivity index (χ3v) is 24.4. The lowest BCUT2D eigenvalue weighted by atomic mass is 9.33. The van der Waals surface area contributed by atoms with Crippen LogP contribution >= 0.6 is 0 Å². The van der Waals surface area contributed by atoms with E-state index in [9.17, 15) is 0 Å². The van der Waals surface area contributed by atoms with Crippen LogP contribution < -0.4 is 26.2 Å². The molecule has 0 N–H and O–H groups in total. The van der Waals surface area contributed by atoms with Gasteiger partial charge in [0.2, 0.25) is 0 Å². The van der Waals surface area contributed by atoms with Crippen molar-refractivity contribution in [1.29, 1.82) is 0 Å². The van der Waals surface area contributed by atoms with Crippen LogP contribution in [0.4, 0.5) is 34.1 Å². The van der Waals surface area contributed by atoms with Crippen LogP contribution in [0.3, 0.4) is 0 Å². The number of nitrogens with zero attached hydrogens (tertiary/aromatic N) is 3. The molecule has 0 atom stereocenters. The lowest BCUT2D eigenvalue weighted by Crippen LogP contribution is -2.61. The minimum atomic E-state index is -0.373. The molecular formula is C111H128BN3. The number of hydrogen-bond acceptors (Lipinski definition) is 3. The first-order valence-corrected chi connectivity index (χ1v) is 42.4. The molecule has 3 nitrogen and oxygen atoms in total. The van der Waals surface area contributed by atoms with Crippen molar-refractivity contribution in [2.45, 2.75) is 262 Å². The average Bonchev–Trinajstić information content (AvgIpc) is 0.684. The molecule has 2 aliphatic rings. The van der Waals surface area contributed by atoms with E-state index in [2.05, 4.69) is 448 Å². The van der Waals surface area contributed by atoms with E-state index in [-0.39, 0.29) is 60.9 Å². The summed E-state index contributed by atoms with van der Waals surface area (Å²) in [6.45, 7) is 70.7. The van der Waals surface area contributed by atoms with Crippen LogP contribution in [0, 0.1) is 0 Å². The fourth-order valence-corrected chi connectivity index (χ4v) is 17.0. The molecule has 0 fully saturated rings. The highest BCUT2D eigenvalue weighted by molar-refractivity contribution is 7.00. The van der Waals surface area contributed by atoms with Gasteiger partial charge in [-0.25, -0.2) is 0 Å². The second-order valence-corrected chi connectivity index (χ2v) is 44.0. The zero-order valence-electron chi connectivity index (χ0n) is 75.4. The number of fused-ring (bicyclic) bond motifs is 4. The van der Waals surface area contributed by atoms with Gasteiger partial charge in [-0.3, -0.25) is 4.98 Å². The Morgan fingerprint density at radius 1 is 0.209 bits per heavy atom. The van der Waals surface area contributed by atoms with Crippen molar-refractivity contribution in [3.63, 3.8) is 0 Å². The summed E-state index contributed by atoms with van der Waals surface area (Å²) in [5.74, 6) is 0. The summed E-state index contributed by atoms with van der Waals surface area (Å²) in [6, 6.07) is 91.9. The van der Waals surface area contributed by atoms with Crippen LogP contribution in [0.5, 0.6) is 0 Å². The smallest absolute Gasteiger partial charge is 0.252 e. The summed E-state index contributed by atoms with van der Waals surface area (Å²) < 4.78 is 0. The molecule has 115 heavy (non-hydrogen) atoms. The maximum absolute atomic E-state index is 5.92. The average molecular weight is 1520 g/mol. The van der Waals surface area contributed by atoms with Gasteiger partial charge < -0.3 is 9.80 Å². The summed E-state index contributed by atoms with van der Waals surface area (Å²) in [5.41, 5.74) is 37.7. The van der Waals surface area contributed by atoms with Crippen molar-refractivity contribution in [3.8, 4) is 77.9 Å². The Bertz CT molecular complexity index is 5580. The van der Waals surface area contributed by atoms with Gasteiger partial charge in [0.1, 0.15) is 0 Å². The normalized spacial score (nSPS) is 13.8. The molecule has 0 spiro atoms. The van der Waals surface area contributed by atoms with E-state index >= 15 is 0 Å². The Balaban J connectivity index is 1.27. The number of rotatable bonds is 9. The van der Waals surface area contributed by atoms with Gasteiger partial charge in [0.05, 0.1) is 17.1 Å². The quantitative estimate of drug-likeness (QED) is 0.134. The highest BCUT2D eigenvalue weighted by Crippen LogP contribution is 2.57. The third-order valence-electron chi connectivity index (χ3n) is 24.4. The predicted octanol–water partition coefficient (Wildman–Crippen LogP) is 29.8. The molecule has 0 radical (unpaired) electrons. The largest absolute Gasteiger partial charge is 0.310 e. The number of benzene rings is 11. The van der Waals surface area contributed by atoms with Crippen LogP contribution in [-0.4, -0.2) is 11.7 Å². The molecule has 11 aromatic carbocycles. The van der Waals surface area contributed by atoms with Gasteiger partial charge in [-0.1, -0.05) is 384 Å². The van der Waals surface area contributed by atoms with Gasteiger partial charge in [0, 0.05) is 67.1 Å². The van der Waals surface area contributed by atoms with Crippen molar-refractivity contribution < 1.29 is 0 Å².